The summed E-state index contributed by atoms with van der Waals surface area (Å²) in [5.41, 5.74) is 7.65. The lowest BCUT2D eigenvalue weighted by atomic mass is 9.89. The van der Waals surface area contributed by atoms with Gasteiger partial charge in [-0.05, 0) is 37.5 Å². The molecule has 1 aromatic rings. The normalized spacial score (nSPS) is 19.2. The molecule has 24 heavy (non-hydrogen) atoms. The molecule has 1 saturated heterocycles. The fourth-order valence-electron chi connectivity index (χ4n) is 2.62. The quantitative estimate of drug-likeness (QED) is 0.324. The number of nitrogens with two attached hydrogens (primary N) is 1. The number of nitrogens with zero attached hydrogens (tertiary/aromatic N) is 2. The van der Waals surface area contributed by atoms with Crippen LogP contribution in [0.4, 0.5) is 0 Å². The molecule has 1 heterocycles. The fraction of sp³-hybridized carbons (Fsp3) is 0.500. The largest absolute Gasteiger partial charge is 0.411 e. The van der Waals surface area contributed by atoms with Gasteiger partial charge in [0.2, 0.25) is 0 Å². The van der Waals surface area contributed by atoms with Crippen molar-refractivity contribution in [2.45, 2.75) is 25.3 Å². The molecule has 0 spiro atoms. The van der Waals surface area contributed by atoms with Gasteiger partial charge >= 0.3 is 0 Å². The van der Waals surface area contributed by atoms with Gasteiger partial charge in [0.15, 0.2) is 8.38 Å². The van der Waals surface area contributed by atoms with Crippen molar-refractivity contribution in [1.29, 1.82) is 0 Å². The molecule has 0 aromatic heterocycles. The second-order valence-corrected chi connectivity index (χ2v) is 7.34. The van der Waals surface area contributed by atoms with E-state index in [-0.39, 0.29) is 5.91 Å². The molecule has 2 rings (SSSR count). The molecule has 132 valence electrons. The maximum absolute atomic E-state index is 12.6. The molecule has 1 atom stereocenters. The van der Waals surface area contributed by atoms with Gasteiger partial charge in [0, 0.05) is 30.9 Å². The second kappa shape index (κ2) is 8.03. The Bertz CT molecular complexity index is 596. The summed E-state index contributed by atoms with van der Waals surface area (Å²) in [5.74, 6) is -0.0389. The number of piperidine rings is 1. The van der Waals surface area contributed by atoms with Crippen LogP contribution in [-0.4, -0.2) is 58.5 Å². The SMILES string of the molecule is C/C(=N\O)c1ccc(C(=O)N2CCC(N)(COP(C)O)CC2)cc1. The monoisotopic (exact) mass is 353 g/mol. The van der Waals surface area contributed by atoms with E-state index < -0.39 is 13.9 Å². The van der Waals surface area contributed by atoms with E-state index in [0.29, 0.717) is 43.8 Å². The van der Waals surface area contributed by atoms with Gasteiger partial charge in [-0.25, -0.2) is 0 Å². The zero-order chi connectivity index (χ0) is 17.7. The van der Waals surface area contributed by atoms with E-state index in [4.69, 9.17) is 15.5 Å². The minimum absolute atomic E-state index is 0.0389. The summed E-state index contributed by atoms with van der Waals surface area (Å²) in [7, 11) is -1.41. The van der Waals surface area contributed by atoms with Gasteiger partial charge in [-0.1, -0.05) is 17.3 Å². The van der Waals surface area contributed by atoms with E-state index in [9.17, 15) is 9.69 Å². The van der Waals surface area contributed by atoms with Crippen LogP contribution < -0.4 is 5.73 Å². The number of likely N-dealkylation sites (tertiary alicyclic amines) is 1. The van der Waals surface area contributed by atoms with Gasteiger partial charge < -0.3 is 25.3 Å². The Morgan fingerprint density at radius 1 is 1.33 bits per heavy atom. The summed E-state index contributed by atoms with van der Waals surface area (Å²) in [5, 5.41) is 11.9. The second-order valence-electron chi connectivity index (χ2n) is 6.15. The van der Waals surface area contributed by atoms with E-state index >= 15 is 0 Å². The van der Waals surface area contributed by atoms with Crippen LogP contribution in [-0.2, 0) is 4.52 Å². The van der Waals surface area contributed by atoms with Crippen LogP contribution in [0.2, 0.25) is 0 Å². The molecule has 1 aliphatic heterocycles. The first-order valence-corrected chi connectivity index (χ1v) is 9.43. The van der Waals surface area contributed by atoms with Crippen LogP contribution in [0.25, 0.3) is 0 Å². The van der Waals surface area contributed by atoms with Gasteiger partial charge in [0.25, 0.3) is 5.91 Å². The minimum atomic E-state index is -1.41. The predicted octanol–water partition coefficient (Wildman–Crippen LogP) is 1.77. The first kappa shape index (κ1) is 18.8. The third-order valence-electron chi connectivity index (χ3n) is 4.28. The van der Waals surface area contributed by atoms with Crippen LogP contribution in [0.15, 0.2) is 29.4 Å². The van der Waals surface area contributed by atoms with E-state index in [0.717, 1.165) is 5.56 Å². The van der Waals surface area contributed by atoms with Crippen LogP contribution in [0.3, 0.4) is 0 Å². The van der Waals surface area contributed by atoms with Gasteiger partial charge in [-0.15, -0.1) is 0 Å². The lowest BCUT2D eigenvalue weighted by molar-refractivity contribution is 0.0625. The van der Waals surface area contributed by atoms with Crippen LogP contribution in [0, 0.1) is 0 Å². The summed E-state index contributed by atoms with van der Waals surface area (Å²) >= 11 is 0. The number of carbonyl (C=O) groups excluding carboxylic acids is 1. The topological polar surface area (TPSA) is 108 Å². The van der Waals surface area contributed by atoms with Crippen molar-refractivity contribution in [3.8, 4) is 0 Å². The maximum Gasteiger partial charge on any atom is 0.253 e. The first-order valence-electron chi connectivity index (χ1n) is 7.77. The fourth-order valence-corrected chi connectivity index (χ4v) is 3.06. The number of oxime groups is 1. The Balaban J connectivity index is 1.95. The van der Waals surface area contributed by atoms with Crippen LogP contribution in [0.1, 0.15) is 35.7 Å². The van der Waals surface area contributed by atoms with Gasteiger partial charge in [-0.2, -0.15) is 0 Å². The summed E-state index contributed by atoms with van der Waals surface area (Å²) < 4.78 is 5.27. The molecule has 1 fully saturated rings. The highest BCUT2D eigenvalue weighted by Gasteiger charge is 2.33. The molecule has 1 aliphatic rings. The molecular formula is C16H24N3O4P. The smallest absolute Gasteiger partial charge is 0.253 e. The molecule has 0 bridgehead atoms. The lowest BCUT2D eigenvalue weighted by Crippen LogP contribution is -2.54. The Labute approximate surface area is 143 Å². The number of carbonyl (C=O) groups is 1. The van der Waals surface area contributed by atoms with Crippen molar-refractivity contribution in [1.82, 2.24) is 4.90 Å². The number of rotatable bonds is 5. The minimum Gasteiger partial charge on any atom is -0.411 e. The van der Waals surface area contributed by atoms with Crippen molar-refractivity contribution in [3.63, 3.8) is 0 Å². The highest BCUT2D eigenvalue weighted by atomic mass is 31.2. The summed E-state index contributed by atoms with van der Waals surface area (Å²) in [4.78, 5) is 23.6. The standard InChI is InChI=1S/C16H24N3O4P/c1-12(18-21)13-3-5-14(6-4-13)15(20)19-9-7-16(17,8-10-19)11-23-24(2)22/h3-6,21-22H,7-11,17H2,1-2H3/b18-12+. The summed E-state index contributed by atoms with van der Waals surface area (Å²) in [6.07, 6.45) is 1.27. The average molecular weight is 353 g/mol. The molecule has 1 amide bonds. The average Bonchev–Trinajstić information content (AvgIpc) is 2.59. The molecule has 7 nitrogen and oxygen atoms in total. The Kier molecular flexibility index (Phi) is 6.29. The molecule has 4 N–H and O–H groups in total. The number of amides is 1. The third kappa shape index (κ3) is 4.74. The molecule has 0 aliphatic carbocycles. The zero-order valence-corrected chi connectivity index (χ0v) is 14.9. The maximum atomic E-state index is 12.6. The zero-order valence-electron chi connectivity index (χ0n) is 14.0. The number of benzene rings is 1. The van der Waals surface area contributed by atoms with Crippen molar-refractivity contribution in [3.05, 3.63) is 35.4 Å². The third-order valence-corrected chi connectivity index (χ3v) is 4.79. The van der Waals surface area contributed by atoms with Crippen molar-refractivity contribution < 1.29 is 19.4 Å². The molecule has 0 radical (unpaired) electrons. The van der Waals surface area contributed by atoms with Crippen molar-refractivity contribution in [2.24, 2.45) is 10.9 Å². The highest BCUT2D eigenvalue weighted by molar-refractivity contribution is 7.45. The van der Waals surface area contributed by atoms with Crippen molar-refractivity contribution >= 4 is 20.0 Å². The molecule has 0 saturated carbocycles. The van der Waals surface area contributed by atoms with E-state index in [2.05, 4.69) is 5.16 Å². The lowest BCUT2D eigenvalue weighted by Gasteiger charge is -2.39. The Hall–Kier alpha value is -1.53. The highest BCUT2D eigenvalue weighted by Crippen LogP contribution is 2.30. The predicted molar refractivity (Wildman–Crippen MR) is 93.5 cm³/mol. The molecular weight excluding hydrogens is 329 g/mol. The first-order chi connectivity index (χ1) is 11.3. The summed E-state index contributed by atoms with van der Waals surface area (Å²) in [6.45, 7) is 4.74. The van der Waals surface area contributed by atoms with Crippen molar-refractivity contribution in [2.75, 3.05) is 26.4 Å². The van der Waals surface area contributed by atoms with E-state index in [1.165, 1.54) is 0 Å². The van der Waals surface area contributed by atoms with Gasteiger partial charge in [-0.3, -0.25) is 4.79 Å². The Morgan fingerprint density at radius 2 is 1.88 bits per heavy atom. The van der Waals surface area contributed by atoms with E-state index in [1.54, 1.807) is 42.8 Å². The van der Waals surface area contributed by atoms with Gasteiger partial charge in [0.05, 0.1) is 12.3 Å². The molecule has 1 aromatic carbocycles. The Morgan fingerprint density at radius 3 is 2.38 bits per heavy atom. The molecule has 1 unspecified atom stereocenters. The van der Waals surface area contributed by atoms with E-state index in [1.807, 2.05) is 0 Å². The van der Waals surface area contributed by atoms with Gasteiger partial charge in [0.1, 0.15) is 0 Å². The number of hydrogen-bond donors (Lipinski definition) is 3. The van der Waals surface area contributed by atoms with Crippen LogP contribution in [0.5, 0.6) is 0 Å². The summed E-state index contributed by atoms with van der Waals surface area (Å²) in [6, 6.07) is 6.99. The number of hydrogen-bond acceptors (Lipinski definition) is 6. The van der Waals surface area contributed by atoms with Crippen LogP contribution >= 0.6 is 8.38 Å². The molecule has 8 heteroatoms.